The molecule has 1 saturated heterocycles. The first-order valence-corrected chi connectivity index (χ1v) is 17.7. The topological polar surface area (TPSA) is 76.1 Å². The second-order valence-corrected chi connectivity index (χ2v) is 16.3. The molecule has 2 aliphatic carbocycles. The number of nitrogens with zero attached hydrogens (tertiary/aromatic N) is 1. The minimum atomic E-state index is -2.71. The van der Waals surface area contributed by atoms with Gasteiger partial charge in [-0.15, -0.1) is 0 Å². The molecule has 7 rings (SSSR count). The highest BCUT2D eigenvalue weighted by atomic mass is 35.5. The molecule has 0 radical (unpaired) electrons. The van der Waals surface area contributed by atoms with Crippen molar-refractivity contribution in [3.05, 3.63) is 70.3 Å². The molecule has 3 aliphatic heterocycles. The predicted octanol–water partition coefficient (Wildman–Crippen LogP) is 5.22. The van der Waals surface area contributed by atoms with Crippen molar-refractivity contribution in [3.8, 4) is 5.75 Å². The zero-order valence-corrected chi connectivity index (χ0v) is 25.6. The number of benzene rings is 2. The SMILES string of the molecule is C=S1(=O)C/C=C\[C@]2(O)CCO[C@@H](C2)[C@@H]2CC[C@H]2CN2C[C@@]3(CCCc4cc(Cl)ccc43)COc3ccc(cc32)C(=O)C1. The molecule has 2 fully saturated rings. The molecule has 3 heterocycles. The van der Waals surface area contributed by atoms with Crippen LogP contribution in [-0.2, 0) is 26.1 Å². The van der Waals surface area contributed by atoms with Crippen molar-refractivity contribution in [1.82, 2.24) is 0 Å². The molecular formula is C34H40ClNO5S. The Kier molecular flexibility index (Phi) is 7.24. The highest BCUT2D eigenvalue weighted by Gasteiger charge is 2.46. The molecule has 224 valence electrons. The van der Waals surface area contributed by atoms with Crippen LogP contribution < -0.4 is 9.64 Å². The summed E-state index contributed by atoms with van der Waals surface area (Å²) in [6.07, 6.45) is 9.83. The summed E-state index contributed by atoms with van der Waals surface area (Å²) in [5.74, 6) is 5.30. The maximum Gasteiger partial charge on any atom is 0.174 e. The van der Waals surface area contributed by atoms with Gasteiger partial charge in [0.25, 0.3) is 0 Å². The van der Waals surface area contributed by atoms with Gasteiger partial charge < -0.3 is 19.5 Å². The monoisotopic (exact) mass is 609 g/mol. The lowest BCUT2D eigenvalue weighted by molar-refractivity contribution is -0.125. The second kappa shape index (κ2) is 10.7. The first kappa shape index (κ1) is 28.5. The van der Waals surface area contributed by atoms with Gasteiger partial charge in [-0.2, -0.15) is 0 Å². The Hall–Kier alpha value is -2.32. The number of ether oxygens (including phenoxy) is 2. The lowest BCUT2D eigenvalue weighted by Crippen LogP contribution is -2.52. The van der Waals surface area contributed by atoms with Gasteiger partial charge in [-0.1, -0.05) is 29.8 Å². The van der Waals surface area contributed by atoms with Gasteiger partial charge in [0, 0.05) is 47.7 Å². The van der Waals surface area contributed by atoms with E-state index < -0.39 is 15.1 Å². The molecule has 0 aromatic heterocycles. The van der Waals surface area contributed by atoms with E-state index in [1.807, 2.05) is 18.2 Å². The van der Waals surface area contributed by atoms with Crippen molar-refractivity contribution in [2.24, 2.45) is 11.8 Å². The van der Waals surface area contributed by atoms with Crippen LogP contribution in [0.15, 0.2) is 48.6 Å². The summed E-state index contributed by atoms with van der Waals surface area (Å²) >= 11 is 6.42. The molecule has 1 saturated carbocycles. The summed E-state index contributed by atoms with van der Waals surface area (Å²) < 4.78 is 26.3. The Morgan fingerprint density at radius 1 is 1.14 bits per heavy atom. The van der Waals surface area contributed by atoms with Crippen LogP contribution >= 0.6 is 11.6 Å². The quantitative estimate of drug-likeness (QED) is 0.326. The third-order valence-electron chi connectivity index (χ3n) is 10.4. The van der Waals surface area contributed by atoms with E-state index in [-0.39, 0.29) is 28.8 Å². The Labute approximate surface area is 254 Å². The van der Waals surface area contributed by atoms with E-state index in [2.05, 4.69) is 22.9 Å². The van der Waals surface area contributed by atoms with Crippen LogP contribution in [0, 0.1) is 11.8 Å². The molecule has 8 heteroatoms. The van der Waals surface area contributed by atoms with Gasteiger partial charge >= 0.3 is 0 Å². The Balaban J connectivity index is 1.30. The first-order chi connectivity index (χ1) is 20.1. The van der Waals surface area contributed by atoms with Crippen LogP contribution in [0.1, 0.15) is 60.0 Å². The highest BCUT2D eigenvalue weighted by Crippen LogP contribution is 2.48. The van der Waals surface area contributed by atoms with Crippen molar-refractivity contribution in [3.63, 3.8) is 0 Å². The standard InChI is InChI=1S/C34H40ClNO5S/c1-42(39)15-3-12-34(38)13-14-40-32(18-34)27-8-5-25(27)19-36-21-33(11-2-4-23-16-26(35)7-9-28(23)33)22-41-31-10-6-24(17-29(31)36)30(37)20-42/h3,6-7,9-10,12,16-17,25,27,32,38H,1-2,4-5,8,11,13-15,18-22H2/b12-3-/t25-,27+,32-,33-,34-,42?/m0/s1. The van der Waals surface area contributed by atoms with E-state index in [4.69, 9.17) is 21.1 Å². The molecule has 2 aromatic carbocycles. The number of hydrogen-bond acceptors (Lipinski definition) is 6. The summed E-state index contributed by atoms with van der Waals surface area (Å²) in [4.78, 5) is 15.9. The number of ketones is 1. The number of carbonyl (C=O) groups is 1. The molecule has 42 heavy (non-hydrogen) atoms. The highest BCUT2D eigenvalue weighted by molar-refractivity contribution is 8.01. The molecule has 0 amide bonds. The lowest BCUT2D eigenvalue weighted by atomic mass is 9.66. The van der Waals surface area contributed by atoms with Crippen molar-refractivity contribution in [1.29, 1.82) is 0 Å². The molecule has 5 aliphatic rings. The lowest BCUT2D eigenvalue weighted by Gasteiger charge is -2.48. The maximum atomic E-state index is 13.5. The molecule has 2 aromatic rings. The third-order valence-corrected chi connectivity index (χ3v) is 12.2. The number of aliphatic hydroxyl groups is 1. The van der Waals surface area contributed by atoms with Gasteiger partial charge in [-0.25, -0.2) is 0 Å². The Morgan fingerprint density at radius 2 is 2.02 bits per heavy atom. The van der Waals surface area contributed by atoms with Gasteiger partial charge in [0.05, 0.1) is 36.4 Å². The van der Waals surface area contributed by atoms with E-state index in [0.29, 0.717) is 43.5 Å². The number of Topliss-reactive ketones (excluding diaryl/α,β-unsaturated/α-hetero) is 1. The molecule has 1 unspecified atom stereocenters. The van der Waals surface area contributed by atoms with Crippen LogP contribution in [0.4, 0.5) is 5.69 Å². The third kappa shape index (κ3) is 5.31. The molecular weight excluding hydrogens is 570 g/mol. The first-order valence-electron chi connectivity index (χ1n) is 15.3. The van der Waals surface area contributed by atoms with E-state index in [1.54, 1.807) is 18.2 Å². The van der Waals surface area contributed by atoms with Crippen molar-refractivity contribution in [2.75, 3.05) is 42.7 Å². The molecule has 6 atom stereocenters. The molecule has 6 nitrogen and oxygen atoms in total. The average molecular weight is 610 g/mol. The number of hydrogen-bond donors (Lipinski definition) is 1. The fourth-order valence-electron chi connectivity index (χ4n) is 8.03. The van der Waals surface area contributed by atoms with Crippen LogP contribution in [0.5, 0.6) is 5.75 Å². The van der Waals surface area contributed by atoms with Gasteiger partial charge in [-0.3, -0.25) is 9.00 Å². The fraction of sp³-hybridized carbons (Fsp3) is 0.529. The number of aryl methyl sites for hydroxylation is 1. The van der Waals surface area contributed by atoms with Gasteiger partial charge in [-0.05, 0) is 101 Å². The summed E-state index contributed by atoms with van der Waals surface area (Å²) in [6.45, 7) is 2.66. The molecule has 1 spiro atoms. The average Bonchev–Trinajstić information content (AvgIpc) is 3.07. The zero-order chi connectivity index (χ0) is 29.1. The minimum Gasteiger partial charge on any atom is -0.490 e. The maximum absolute atomic E-state index is 13.5. The van der Waals surface area contributed by atoms with Crippen molar-refractivity contribution < 1.29 is 23.6 Å². The molecule has 4 bridgehead atoms. The number of rotatable bonds is 0. The van der Waals surface area contributed by atoms with Crippen molar-refractivity contribution in [2.45, 2.75) is 62.1 Å². The fourth-order valence-corrected chi connectivity index (χ4v) is 9.43. The van der Waals surface area contributed by atoms with Crippen LogP contribution in [-0.4, -0.2) is 70.5 Å². The second-order valence-electron chi connectivity index (χ2n) is 13.4. The number of anilines is 1. The number of halogens is 1. The molecule has 1 N–H and O–H groups in total. The Bertz CT molecular complexity index is 1540. The van der Waals surface area contributed by atoms with Crippen LogP contribution in [0.2, 0.25) is 5.02 Å². The van der Waals surface area contributed by atoms with E-state index >= 15 is 0 Å². The largest absolute Gasteiger partial charge is 0.490 e. The number of carbonyl (C=O) groups excluding carboxylic acids is 1. The predicted molar refractivity (Wildman–Crippen MR) is 169 cm³/mol. The van der Waals surface area contributed by atoms with E-state index in [0.717, 1.165) is 61.7 Å². The van der Waals surface area contributed by atoms with Crippen LogP contribution in [0.3, 0.4) is 0 Å². The van der Waals surface area contributed by atoms with Gasteiger partial charge in [0.15, 0.2) is 5.78 Å². The minimum absolute atomic E-state index is 0.0220. The van der Waals surface area contributed by atoms with Crippen LogP contribution in [0.25, 0.3) is 0 Å². The Morgan fingerprint density at radius 3 is 2.86 bits per heavy atom. The van der Waals surface area contributed by atoms with Crippen molar-refractivity contribution >= 4 is 38.5 Å². The normalized spacial score (nSPS) is 37.0. The van der Waals surface area contributed by atoms with Gasteiger partial charge in [0.2, 0.25) is 0 Å². The summed E-state index contributed by atoms with van der Waals surface area (Å²) in [7, 11) is -2.71. The summed E-state index contributed by atoms with van der Waals surface area (Å²) in [6, 6.07) is 11.9. The zero-order valence-electron chi connectivity index (χ0n) is 24.1. The van der Waals surface area contributed by atoms with E-state index in [9.17, 15) is 14.1 Å². The smallest absolute Gasteiger partial charge is 0.174 e. The number of fused-ring (bicyclic) bond motifs is 7. The summed E-state index contributed by atoms with van der Waals surface area (Å²) in [5, 5.41) is 12.2. The van der Waals surface area contributed by atoms with Gasteiger partial charge in [0.1, 0.15) is 5.75 Å². The van der Waals surface area contributed by atoms with E-state index in [1.165, 1.54) is 11.1 Å². The summed E-state index contributed by atoms with van der Waals surface area (Å²) in [5.41, 5.74) is 2.87.